The van der Waals surface area contributed by atoms with Crippen molar-refractivity contribution in [1.82, 2.24) is 24.8 Å². The zero-order valence-corrected chi connectivity index (χ0v) is 17.2. The molecule has 9 heteroatoms. The van der Waals surface area contributed by atoms with Crippen molar-refractivity contribution in [3.8, 4) is 0 Å². The highest BCUT2D eigenvalue weighted by Gasteiger charge is 2.34. The van der Waals surface area contributed by atoms with Gasteiger partial charge in [-0.3, -0.25) is 9.89 Å². The van der Waals surface area contributed by atoms with Crippen LogP contribution in [0, 0.1) is 0 Å². The average Bonchev–Trinajstić information content (AvgIpc) is 3.19. The summed E-state index contributed by atoms with van der Waals surface area (Å²) in [6, 6.07) is 8.42. The Labute approximate surface area is 165 Å². The number of amides is 1. The molecule has 1 aromatic carbocycles. The van der Waals surface area contributed by atoms with E-state index in [0.29, 0.717) is 36.6 Å². The van der Waals surface area contributed by atoms with E-state index in [4.69, 9.17) is 0 Å². The Morgan fingerprint density at radius 3 is 2.61 bits per heavy atom. The van der Waals surface area contributed by atoms with Gasteiger partial charge in [0.05, 0.1) is 11.3 Å². The Kier molecular flexibility index (Phi) is 6.14. The largest absolute Gasteiger partial charge is 0.337 e. The molecule has 1 aliphatic rings. The van der Waals surface area contributed by atoms with Crippen LogP contribution in [0.25, 0.3) is 0 Å². The van der Waals surface area contributed by atoms with Crippen LogP contribution in [0.5, 0.6) is 0 Å². The number of hydrogen-bond acceptors (Lipinski definition) is 5. The Morgan fingerprint density at radius 1 is 1.25 bits per heavy atom. The summed E-state index contributed by atoms with van der Waals surface area (Å²) in [5, 5.41) is 6.28. The molecule has 2 unspecified atom stereocenters. The fourth-order valence-electron chi connectivity index (χ4n) is 3.28. The molecule has 2 aromatic rings. The Morgan fingerprint density at radius 2 is 1.96 bits per heavy atom. The van der Waals surface area contributed by atoms with E-state index in [-0.39, 0.29) is 18.4 Å². The number of benzene rings is 1. The molecular weight excluding hydrogens is 378 g/mol. The van der Waals surface area contributed by atoms with Crippen molar-refractivity contribution in [2.45, 2.75) is 50.8 Å². The molecule has 0 aliphatic carbocycles. The van der Waals surface area contributed by atoms with E-state index in [0.717, 1.165) is 0 Å². The van der Waals surface area contributed by atoms with Crippen molar-refractivity contribution < 1.29 is 13.2 Å². The van der Waals surface area contributed by atoms with Gasteiger partial charge in [-0.1, -0.05) is 32.0 Å². The van der Waals surface area contributed by atoms with Gasteiger partial charge in [0.2, 0.25) is 10.0 Å². The lowest BCUT2D eigenvalue weighted by molar-refractivity contribution is 0.0726. The molecule has 0 radical (unpaired) electrons. The quantitative estimate of drug-likeness (QED) is 0.766. The molecule has 28 heavy (non-hydrogen) atoms. The van der Waals surface area contributed by atoms with Crippen LogP contribution in [0.4, 0.5) is 0 Å². The smallest absolute Gasteiger partial charge is 0.253 e. The highest BCUT2D eigenvalue weighted by molar-refractivity contribution is 7.90. The third-order valence-corrected chi connectivity index (χ3v) is 6.86. The van der Waals surface area contributed by atoms with Gasteiger partial charge in [-0.15, -0.1) is 0 Å². The predicted molar refractivity (Wildman–Crippen MR) is 106 cm³/mol. The molecule has 0 spiro atoms. The average molecular weight is 406 g/mol. The van der Waals surface area contributed by atoms with Gasteiger partial charge >= 0.3 is 0 Å². The molecule has 1 aliphatic heterocycles. The number of hydrogen-bond donors (Lipinski definition) is 2. The molecule has 1 saturated heterocycles. The molecular formula is C19H27N5O3S. The topological polar surface area (TPSA) is 108 Å². The van der Waals surface area contributed by atoms with Gasteiger partial charge in [0.15, 0.2) is 5.82 Å². The molecule has 3 rings (SSSR count). The van der Waals surface area contributed by atoms with Crippen LogP contribution in [-0.4, -0.2) is 52.7 Å². The number of carbonyl (C=O) groups is 1. The number of nitrogens with one attached hydrogen (secondary N) is 2. The number of sulfonamides is 1. The number of aromatic amines is 1. The van der Waals surface area contributed by atoms with E-state index < -0.39 is 21.3 Å². The summed E-state index contributed by atoms with van der Waals surface area (Å²) in [6.07, 6.45) is 1.17. The maximum atomic E-state index is 12.9. The van der Waals surface area contributed by atoms with Crippen LogP contribution in [0.1, 0.15) is 67.6 Å². The van der Waals surface area contributed by atoms with E-state index in [1.54, 1.807) is 36.1 Å². The monoisotopic (exact) mass is 405 g/mol. The minimum absolute atomic E-state index is 0.134. The second kappa shape index (κ2) is 8.40. The minimum Gasteiger partial charge on any atom is -0.337 e. The van der Waals surface area contributed by atoms with Crippen molar-refractivity contribution in [3.63, 3.8) is 0 Å². The Balaban J connectivity index is 1.68. The molecule has 1 amide bonds. The second-order valence-electron chi connectivity index (χ2n) is 7.50. The van der Waals surface area contributed by atoms with Crippen molar-refractivity contribution in [3.05, 3.63) is 47.5 Å². The van der Waals surface area contributed by atoms with Gasteiger partial charge < -0.3 is 4.90 Å². The highest BCUT2D eigenvalue weighted by atomic mass is 32.2. The summed E-state index contributed by atoms with van der Waals surface area (Å²) in [4.78, 5) is 18.7. The first kappa shape index (κ1) is 20.5. The number of nitrogens with zero attached hydrogens (tertiary/aromatic N) is 3. The van der Waals surface area contributed by atoms with Crippen LogP contribution in [-0.2, 0) is 10.0 Å². The van der Waals surface area contributed by atoms with Gasteiger partial charge in [-0.05, 0) is 31.9 Å². The first-order chi connectivity index (χ1) is 13.3. The maximum absolute atomic E-state index is 12.9. The Bertz CT molecular complexity index is 911. The van der Waals surface area contributed by atoms with Gasteiger partial charge in [0.25, 0.3) is 5.91 Å². The van der Waals surface area contributed by atoms with E-state index in [1.807, 2.05) is 19.9 Å². The maximum Gasteiger partial charge on any atom is 0.253 e. The van der Waals surface area contributed by atoms with E-state index >= 15 is 0 Å². The lowest BCUT2D eigenvalue weighted by atomic mass is 10.1. The first-order valence-corrected chi connectivity index (χ1v) is 11.1. The van der Waals surface area contributed by atoms with E-state index in [2.05, 4.69) is 19.9 Å². The van der Waals surface area contributed by atoms with E-state index in [1.165, 1.54) is 0 Å². The summed E-state index contributed by atoms with van der Waals surface area (Å²) in [7, 11) is -3.62. The number of likely N-dealkylation sites (tertiary alicyclic amines) is 1. The number of H-pyrrole nitrogens is 1. The van der Waals surface area contributed by atoms with Crippen molar-refractivity contribution in [2.24, 2.45) is 0 Å². The molecule has 2 atom stereocenters. The zero-order valence-electron chi connectivity index (χ0n) is 16.4. The third kappa shape index (κ3) is 4.59. The SMILES string of the molecule is CC(C)c1n[nH]c(C(C)NS(=O)(=O)C2CCCN(C(=O)c3ccccc3)C2)n1. The van der Waals surface area contributed by atoms with Gasteiger partial charge in [0, 0.05) is 24.6 Å². The first-order valence-electron chi connectivity index (χ1n) is 9.55. The summed E-state index contributed by atoms with van der Waals surface area (Å²) in [5.41, 5.74) is 0.574. The standard InChI is InChI=1S/C19H27N5O3S/c1-13(2)17-20-18(22-21-17)14(3)23-28(26,27)16-10-7-11-24(12-16)19(25)15-8-5-4-6-9-15/h4-6,8-9,13-14,16,23H,7,10-12H2,1-3H3,(H,20,21,22). The van der Waals surface area contributed by atoms with Crippen LogP contribution in [0.15, 0.2) is 30.3 Å². The normalized spacial score (nSPS) is 19.0. The van der Waals surface area contributed by atoms with Crippen LogP contribution < -0.4 is 4.72 Å². The number of rotatable bonds is 6. The Hall–Kier alpha value is -2.26. The minimum atomic E-state index is -3.62. The van der Waals surface area contributed by atoms with Gasteiger partial charge in [0.1, 0.15) is 5.82 Å². The predicted octanol–water partition coefficient (Wildman–Crippen LogP) is 2.21. The third-order valence-electron chi connectivity index (χ3n) is 4.91. The summed E-state index contributed by atoms with van der Waals surface area (Å²) in [5.74, 6) is 1.16. The lowest BCUT2D eigenvalue weighted by Crippen LogP contribution is -2.48. The summed E-state index contributed by atoms with van der Waals surface area (Å²) in [6.45, 7) is 6.43. The fraction of sp³-hybridized carbons (Fsp3) is 0.526. The highest BCUT2D eigenvalue weighted by Crippen LogP contribution is 2.21. The number of carbonyl (C=O) groups excluding carboxylic acids is 1. The van der Waals surface area contributed by atoms with Crippen molar-refractivity contribution in [2.75, 3.05) is 13.1 Å². The van der Waals surface area contributed by atoms with Crippen LogP contribution in [0.3, 0.4) is 0 Å². The molecule has 0 bridgehead atoms. The molecule has 1 aromatic heterocycles. The second-order valence-corrected chi connectivity index (χ2v) is 9.49. The number of piperidine rings is 1. The number of aromatic nitrogens is 3. The lowest BCUT2D eigenvalue weighted by Gasteiger charge is -2.33. The molecule has 2 N–H and O–H groups in total. The van der Waals surface area contributed by atoms with Crippen LogP contribution in [0.2, 0.25) is 0 Å². The van der Waals surface area contributed by atoms with Crippen LogP contribution >= 0.6 is 0 Å². The van der Waals surface area contributed by atoms with Crippen molar-refractivity contribution in [1.29, 1.82) is 0 Å². The molecule has 152 valence electrons. The van der Waals surface area contributed by atoms with E-state index in [9.17, 15) is 13.2 Å². The van der Waals surface area contributed by atoms with Gasteiger partial charge in [-0.25, -0.2) is 18.1 Å². The van der Waals surface area contributed by atoms with Crippen molar-refractivity contribution >= 4 is 15.9 Å². The summed E-state index contributed by atoms with van der Waals surface area (Å²) >= 11 is 0. The molecule has 8 nitrogen and oxygen atoms in total. The molecule has 1 fully saturated rings. The fourth-order valence-corrected chi connectivity index (χ4v) is 4.93. The molecule has 2 heterocycles. The van der Waals surface area contributed by atoms with Gasteiger partial charge in [-0.2, -0.15) is 5.10 Å². The zero-order chi connectivity index (χ0) is 20.3. The summed E-state index contributed by atoms with van der Waals surface area (Å²) < 4.78 is 28.5. The molecule has 0 saturated carbocycles.